The molecule has 0 bridgehead atoms. The van der Waals surface area contributed by atoms with Crippen LogP contribution in [0, 0.1) is 12.8 Å². The number of nitrogens with zero attached hydrogens (tertiary/aromatic N) is 1. The highest BCUT2D eigenvalue weighted by Crippen LogP contribution is 2.30. The summed E-state index contributed by atoms with van der Waals surface area (Å²) in [7, 11) is 0. The molecule has 1 aromatic carbocycles. The predicted molar refractivity (Wildman–Crippen MR) is 126 cm³/mol. The first-order chi connectivity index (χ1) is 16.4. The molecule has 0 aliphatic heterocycles. The minimum atomic E-state index is -2.74. The number of aliphatic carboxylic acids is 3. The van der Waals surface area contributed by atoms with E-state index in [-0.39, 0.29) is 0 Å². The molecule has 5 N–H and O–H groups in total. The highest BCUT2D eigenvalue weighted by Gasteiger charge is 2.40. The zero-order valence-corrected chi connectivity index (χ0v) is 20.6. The number of halogens is 2. The molecule has 0 saturated heterocycles. The molecule has 10 nitrogen and oxygen atoms in total. The Kier molecular flexibility index (Phi) is 10.5. The quantitative estimate of drug-likeness (QED) is 0.306. The van der Waals surface area contributed by atoms with Crippen molar-refractivity contribution in [2.24, 2.45) is 5.92 Å². The molecule has 1 fully saturated rings. The summed E-state index contributed by atoms with van der Waals surface area (Å²) in [6.45, 7) is 2.66. The van der Waals surface area contributed by atoms with Crippen LogP contribution in [-0.4, -0.2) is 55.1 Å². The average Bonchev–Trinajstić information content (AvgIpc) is 3.35. The molecule has 0 amide bonds. The van der Waals surface area contributed by atoms with Crippen molar-refractivity contribution in [3.63, 3.8) is 0 Å². The van der Waals surface area contributed by atoms with E-state index < -0.39 is 36.4 Å². The van der Waals surface area contributed by atoms with Gasteiger partial charge in [-0.05, 0) is 37.8 Å². The summed E-state index contributed by atoms with van der Waals surface area (Å²) in [4.78, 5) is 30.5. The lowest BCUT2D eigenvalue weighted by atomic mass is 9.96. The van der Waals surface area contributed by atoms with E-state index >= 15 is 0 Å². The molecule has 2 atom stereocenters. The zero-order chi connectivity index (χ0) is 26.2. The van der Waals surface area contributed by atoms with E-state index in [9.17, 15) is 14.4 Å². The molecule has 1 saturated carbocycles. The minimum absolute atomic E-state index is 0.470. The second kappa shape index (κ2) is 12.9. The Morgan fingerprint density at radius 1 is 1.11 bits per heavy atom. The maximum Gasteiger partial charge on any atom is 0.336 e. The number of aromatic nitrogens is 1. The first kappa shape index (κ1) is 28.6. The van der Waals surface area contributed by atoms with Gasteiger partial charge >= 0.3 is 17.9 Å². The highest BCUT2D eigenvalue weighted by atomic mass is 35.5. The van der Waals surface area contributed by atoms with Crippen LogP contribution >= 0.6 is 23.2 Å². The van der Waals surface area contributed by atoms with Gasteiger partial charge in [-0.25, -0.2) is 4.79 Å². The van der Waals surface area contributed by atoms with E-state index in [0.717, 1.165) is 33.5 Å². The smallest absolute Gasteiger partial charge is 0.336 e. The van der Waals surface area contributed by atoms with Crippen LogP contribution < -0.4 is 5.32 Å². The lowest BCUT2D eigenvalue weighted by molar-refractivity contribution is -0.170. The zero-order valence-electron chi connectivity index (χ0n) is 19.0. The van der Waals surface area contributed by atoms with E-state index in [2.05, 4.69) is 10.5 Å². The SMILES string of the molecule is Cc1cc(C[C@@H]2CCC[C@H]2NCc2c(Cl)cccc2Cl)on1.O=C(O)CC(O)(CC(=O)O)C(=O)O. The Bertz CT molecular complexity index is 1010. The molecular weight excluding hydrogens is 503 g/mol. The largest absolute Gasteiger partial charge is 0.481 e. The fourth-order valence-electron chi connectivity index (χ4n) is 3.97. The summed E-state index contributed by atoms with van der Waals surface area (Å²) in [5.41, 5.74) is -0.815. The minimum Gasteiger partial charge on any atom is -0.481 e. The fourth-order valence-corrected chi connectivity index (χ4v) is 4.50. The van der Waals surface area contributed by atoms with Crippen molar-refractivity contribution in [1.29, 1.82) is 0 Å². The lowest BCUT2D eigenvalue weighted by Gasteiger charge is -2.21. The number of aliphatic hydroxyl groups is 1. The molecule has 1 aliphatic rings. The number of rotatable bonds is 10. The monoisotopic (exact) mass is 530 g/mol. The number of aryl methyl sites for hydroxylation is 1. The molecule has 1 aromatic heterocycles. The second-order valence-corrected chi connectivity index (χ2v) is 9.31. The molecule has 35 heavy (non-hydrogen) atoms. The molecule has 1 aliphatic carbocycles. The van der Waals surface area contributed by atoms with Crippen molar-refractivity contribution in [2.75, 3.05) is 0 Å². The van der Waals surface area contributed by atoms with Gasteiger partial charge in [0.05, 0.1) is 18.5 Å². The Labute approximate surface area is 211 Å². The number of carboxylic acid groups (broad SMARTS) is 3. The van der Waals surface area contributed by atoms with Crippen molar-refractivity contribution in [1.82, 2.24) is 10.5 Å². The van der Waals surface area contributed by atoms with Gasteiger partial charge in [0, 0.05) is 40.7 Å². The number of carboxylic acids is 3. The van der Waals surface area contributed by atoms with Crippen LogP contribution in [0.5, 0.6) is 0 Å². The third-order valence-electron chi connectivity index (χ3n) is 5.69. The van der Waals surface area contributed by atoms with Gasteiger partial charge in [0.15, 0.2) is 5.60 Å². The Morgan fingerprint density at radius 2 is 1.71 bits per heavy atom. The molecule has 2 aromatic rings. The number of benzene rings is 1. The summed E-state index contributed by atoms with van der Waals surface area (Å²) < 4.78 is 5.36. The van der Waals surface area contributed by atoms with Crippen LogP contribution in [-0.2, 0) is 27.3 Å². The molecule has 0 spiro atoms. The van der Waals surface area contributed by atoms with Gasteiger partial charge in [-0.1, -0.05) is 40.8 Å². The number of hydrogen-bond acceptors (Lipinski definition) is 7. The summed E-state index contributed by atoms with van der Waals surface area (Å²) in [6.07, 6.45) is 2.29. The topological polar surface area (TPSA) is 170 Å². The van der Waals surface area contributed by atoms with Crippen LogP contribution in [0.25, 0.3) is 0 Å². The van der Waals surface area contributed by atoms with Gasteiger partial charge < -0.3 is 30.3 Å². The third-order valence-corrected chi connectivity index (χ3v) is 6.40. The molecule has 0 radical (unpaired) electrons. The Morgan fingerprint density at radius 3 is 2.20 bits per heavy atom. The molecule has 1 heterocycles. The van der Waals surface area contributed by atoms with Gasteiger partial charge in [0.2, 0.25) is 0 Å². The van der Waals surface area contributed by atoms with Gasteiger partial charge in [-0.15, -0.1) is 0 Å². The first-order valence-electron chi connectivity index (χ1n) is 10.9. The first-order valence-corrected chi connectivity index (χ1v) is 11.6. The van der Waals surface area contributed by atoms with Crippen LogP contribution in [0.4, 0.5) is 0 Å². The van der Waals surface area contributed by atoms with Gasteiger partial charge in [0.25, 0.3) is 0 Å². The van der Waals surface area contributed by atoms with E-state index in [1.54, 1.807) is 0 Å². The molecule has 0 unspecified atom stereocenters. The predicted octanol–water partition coefficient (Wildman–Crippen LogP) is 3.54. The van der Waals surface area contributed by atoms with Gasteiger partial charge in [0.1, 0.15) is 5.76 Å². The highest BCUT2D eigenvalue weighted by molar-refractivity contribution is 6.35. The summed E-state index contributed by atoms with van der Waals surface area (Å²) >= 11 is 12.5. The summed E-state index contributed by atoms with van der Waals surface area (Å²) in [5.74, 6) is -3.46. The van der Waals surface area contributed by atoms with Crippen molar-refractivity contribution < 1.29 is 39.3 Å². The normalized spacial score (nSPS) is 17.5. The maximum absolute atomic E-state index is 10.3. The van der Waals surface area contributed by atoms with Gasteiger partial charge in [-0.2, -0.15) is 0 Å². The lowest BCUT2D eigenvalue weighted by Crippen LogP contribution is -2.42. The van der Waals surface area contributed by atoms with Crippen molar-refractivity contribution in [3.8, 4) is 0 Å². The maximum atomic E-state index is 10.3. The van der Waals surface area contributed by atoms with Crippen LogP contribution in [0.2, 0.25) is 10.0 Å². The average molecular weight is 531 g/mol. The standard InChI is InChI=1S/C17H20Cl2N2O.C6H8O7/c1-11-8-13(22-21-11)9-12-4-2-7-17(12)20-10-14-15(18)5-3-6-16(14)19;7-3(8)1-6(13,5(11)12)2-4(9)10/h3,5-6,8,12,17,20H,2,4,7,9-10H2,1H3;13H,1-2H2,(H,7,8)(H,9,10)(H,11,12)/t12-,17+;/m0./s1. The fraction of sp³-hybridized carbons (Fsp3) is 0.478. The number of hydrogen-bond donors (Lipinski definition) is 5. The van der Waals surface area contributed by atoms with Crippen molar-refractivity contribution >= 4 is 41.1 Å². The molecule has 3 rings (SSSR count). The van der Waals surface area contributed by atoms with E-state index in [0.29, 0.717) is 18.5 Å². The summed E-state index contributed by atoms with van der Waals surface area (Å²) in [6, 6.07) is 8.14. The van der Waals surface area contributed by atoms with Crippen LogP contribution in [0.1, 0.15) is 49.1 Å². The van der Waals surface area contributed by atoms with Crippen molar-refractivity contribution in [3.05, 3.63) is 51.3 Å². The third kappa shape index (κ3) is 8.81. The molecule has 192 valence electrons. The van der Waals surface area contributed by atoms with E-state index in [1.807, 2.05) is 31.2 Å². The Balaban J connectivity index is 0.000000287. The second-order valence-electron chi connectivity index (χ2n) is 8.50. The summed E-state index contributed by atoms with van der Waals surface area (Å²) in [5, 5.41) is 42.9. The molecule has 12 heteroatoms. The van der Waals surface area contributed by atoms with Crippen LogP contribution in [0.15, 0.2) is 28.8 Å². The van der Waals surface area contributed by atoms with E-state index in [4.69, 9.17) is 48.2 Å². The number of carbonyl (C=O) groups is 3. The van der Waals surface area contributed by atoms with Crippen molar-refractivity contribution in [2.45, 2.75) is 63.6 Å². The van der Waals surface area contributed by atoms with E-state index in [1.165, 1.54) is 19.3 Å². The Hall–Kier alpha value is -2.66. The van der Waals surface area contributed by atoms with Crippen LogP contribution in [0.3, 0.4) is 0 Å². The number of nitrogens with one attached hydrogen (secondary N) is 1. The molecular formula is C23H28Cl2N2O8. The van der Waals surface area contributed by atoms with Gasteiger partial charge in [-0.3, -0.25) is 9.59 Å².